The molecule has 2 unspecified atom stereocenters. The van der Waals surface area contributed by atoms with Crippen LogP contribution in [0.5, 0.6) is 5.75 Å². The molecular formula is C17H20ClNO. The first-order valence-electron chi connectivity index (χ1n) is 6.78. The average Bonchev–Trinajstić information content (AvgIpc) is 2.39. The van der Waals surface area contributed by atoms with Crippen molar-refractivity contribution in [2.45, 2.75) is 32.9 Å². The largest absolute Gasteiger partial charge is 0.508 e. The Balaban J connectivity index is 2.10. The van der Waals surface area contributed by atoms with Crippen molar-refractivity contribution in [3.63, 3.8) is 0 Å². The van der Waals surface area contributed by atoms with Crippen LogP contribution in [0.25, 0.3) is 0 Å². The number of benzene rings is 2. The maximum absolute atomic E-state index is 10.0. The molecule has 106 valence electrons. The summed E-state index contributed by atoms with van der Waals surface area (Å²) in [6, 6.07) is 13.8. The summed E-state index contributed by atoms with van der Waals surface area (Å²) in [4.78, 5) is 0. The summed E-state index contributed by atoms with van der Waals surface area (Å²) in [5, 5.41) is 14.3. The van der Waals surface area contributed by atoms with E-state index in [1.165, 1.54) is 5.56 Å². The Morgan fingerprint density at radius 3 is 2.25 bits per heavy atom. The van der Waals surface area contributed by atoms with Crippen molar-refractivity contribution in [3.05, 3.63) is 64.2 Å². The van der Waals surface area contributed by atoms with E-state index in [1.54, 1.807) is 6.07 Å². The lowest BCUT2D eigenvalue weighted by Crippen LogP contribution is -2.22. The number of halogens is 1. The van der Waals surface area contributed by atoms with Crippen molar-refractivity contribution in [3.8, 4) is 5.75 Å². The van der Waals surface area contributed by atoms with Crippen LogP contribution in [0, 0.1) is 6.92 Å². The van der Waals surface area contributed by atoms with E-state index in [1.807, 2.05) is 43.3 Å². The number of hydrogen-bond donors (Lipinski definition) is 2. The van der Waals surface area contributed by atoms with Gasteiger partial charge in [-0.2, -0.15) is 0 Å². The van der Waals surface area contributed by atoms with Gasteiger partial charge >= 0.3 is 0 Å². The summed E-state index contributed by atoms with van der Waals surface area (Å²) in [5.41, 5.74) is 3.15. The highest BCUT2D eigenvalue weighted by atomic mass is 35.5. The van der Waals surface area contributed by atoms with E-state index >= 15 is 0 Å². The van der Waals surface area contributed by atoms with Gasteiger partial charge in [-0.25, -0.2) is 0 Å². The Kier molecular flexibility index (Phi) is 4.69. The first kappa shape index (κ1) is 14.9. The summed E-state index contributed by atoms with van der Waals surface area (Å²) < 4.78 is 0. The molecule has 0 fully saturated rings. The molecule has 0 aromatic heterocycles. The molecule has 0 aliphatic carbocycles. The Bertz CT molecular complexity index is 580. The van der Waals surface area contributed by atoms with Crippen molar-refractivity contribution in [2.24, 2.45) is 0 Å². The van der Waals surface area contributed by atoms with E-state index in [0.717, 1.165) is 16.1 Å². The summed E-state index contributed by atoms with van der Waals surface area (Å²) in [6.07, 6.45) is 0. The fourth-order valence-electron chi connectivity index (χ4n) is 2.33. The molecule has 20 heavy (non-hydrogen) atoms. The molecule has 0 bridgehead atoms. The third-order valence-corrected chi connectivity index (χ3v) is 3.77. The van der Waals surface area contributed by atoms with E-state index in [0.29, 0.717) is 5.75 Å². The second-order valence-electron chi connectivity index (χ2n) is 5.22. The molecule has 0 aliphatic heterocycles. The highest BCUT2D eigenvalue weighted by Crippen LogP contribution is 2.27. The lowest BCUT2D eigenvalue weighted by molar-refractivity contribution is 0.438. The second kappa shape index (κ2) is 6.29. The van der Waals surface area contributed by atoms with Crippen molar-refractivity contribution in [1.82, 2.24) is 5.32 Å². The van der Waals surface area contributed by atoms with Crippen LogP contribution in [0.1, 0.15) is 42.6 Å². The van der Waals surface area contributed by atoms with Gasteiger partial charge in [0.1, 0.15) is 5.75 Å². The maximum atomic E-state index is 10.0. The molecule has 0 amide bonds. The molecule has 2 N–H and O–H groups in total. The molecule has 2 aromatic rings. The minimum Gasteiger partial charge on any atom is -0.508 e. The first-order valence-corrected chi connectivity index (χ1v) is 7.16. The van der Waals surface area contributed by atoms with Gasteiger partial charge in [-0.1, -0.05) is 35.9 Å². The monoisotopic (exact) mass is 289 g/mol. The van der Waals surface area contributed by atoms with E-state index in [4.69, 9.17) is 11.6 Å². The summed E-state index contributed by atoms with van der Waals surface area (Å²) in [7, 11) is 0. The molecule has 2 nitrogen and oxygen atoms in total. The highest BCUT2D eigenvalue weighted by Gasteiger charge is 2.14. The molecule has 2 rings (SSSR count). The van der Waals surface area contributed by atoms with Crippen LogP contribution in [0.15, 0.2) is 42.5 Å². The zero-order valence-corrected chi connectivity index (χ0v) is 12.8. The summed E-state index contributed by atoms with van der Waals surface area (Å²) in [6.45, 7) is 6.12. The average molecular weight is 290 g/mol. The predicted molar refractivity (Wildman–Crippen MR) is 84.3 cm³/mol. The molecule has 0 spiro atoms. The molecule has 2 atom stereocenters. The number of phenols is 1. The van der Waals surface area contributed by atoms with Crippen LogP contribution < -0.4 is 5.32 Å². The summed E-state index contributed by atoms with van der Waals surface area (Å²) >= 11 is 5.90. The van der Waals surface area contributed by atoms with Gasteiger partial charge in [0.2, 0.25) is 0 Å². The zero-order chi connectivity index (χ0) is 14.7. The molecule has 0 radical (unpaired) electrons. The van der Waals surface area contributed by atoms with Gasteiger partial charge in [0, 0.05) is 22.7 Å². The van der Waals surface area contributed by atoms with Crippen LogP contribution in [0.2, 0.25) is 5.02 Å². The standard InChI is InChI=1S/C17H20ClNO/c1-11-4-9-16(17(20)10-11)13(3)19-12(2)14-5-7-15(18)8-6-14/h4-10,12-13,19-20H,1-3H3. The quantitative estimate of drug-likeness (QED) is 0.850. The van der Waals surface area contributed by atoms with E-state index in [9.17, 15) is 5.11 Å². The van der Waals surface area contributed by atoms with E-state index in [2.05, 4.69) is 19.2 Å². The third-order valence-electron chi connectivity index (χ3n) is 3.52. The molecule has 3 heteroatoms. The zero-order valence-electron chi connectivity index (χ0n) is 12.0. The molecule has 0 saturated heterocycles. The summed E-state index contributed by atoms with van der Waals surface area (Å²) in [5.74, 6) is 0.341. The second-order valence-corrected chi connectivity index (χ2v) is 5.66. The van der Waals surface area contributed by atoms with Crippen molar-refractivity contribution < 1.29 is 5.11 Å². The molecular weight excluding hydrogens is 270 g/mol. The molecule has 2 aromatic carbocycles. The van der Waals surface area contributed by atoms with Gasteiger partial charge in [0.05, 0.1) is 0 Å². The molecule has 0 heterocycles. The smallest absolute Gasteiger partial charge is 0.120 e. The van der Waals surface area contributed by atoms with Gasteiger partial charge < -0.3 is 10.4 Å². The van der Waals surface area contributed by atoms with Gasteiger partial charge in [0.25, 0.3) is 0 Å². The number of hydrogen-bond acceptors (Lipinski definition) is 2. The van der Waals surface area contributed by atoms with Crippen molar-refractivity contribution >= 4 is 11.6 Å². The minimum atomic E-state index is 0.0706. The minimum absolute atomic E-state index is 0.0706. The first-order chi connectivity index (χ1) is 9.47. The highest BCUT2D eigenvalue weighted by molar-refractivity contribution is 6.30. The number of nitrogens with one attached hydrogen (secondary N) is 1. The number of aromatic hydroxyl groups is 1. The third kappa shape index (κ3) is 3.53. The van der Waals surface area contributed by atoms with Crippen molar-refractivity contribution in [1.29, 1.82) is 0 Å². The molecule has 0 saturated carbocycles. The van der Waals surface area contributed by atoms with Crippen LogP contribution in [0.4, 0.5) is 0 Å². The van der Waals surface area contributed by atoms with E-state index < -0.39 is 0 Å². The fraction of sp³-hybridized carbons (Fsp3) is 0.294. The van der Waals surface area contributed by atoms with Crippen LogP contribution in [-0.4, -0.2) is 5.11 Å². The predicted octanol–water partition coefficient (Wildman–Crippen LogP) is 4.77. The Morgan fingerprint density at radius 1 is 1.00 bits per heavy atom. The van der Waals surface area contributed by atoms with E-state index in [-0.39, 0.29) is 12.1 Å². The number of rotatable bonds is 4. The SMILES string of the molecule is Cc1ccc(C(C)NC(C)c2ccc(Cl)cc2)c(O)c1. The topological polar surface area (TPSA) is 32.3 Å². The van der Waals surface area contributed by atoms with Crippen LogP contribution >= 0.6 is 11.6 Å². The fourth-order valence-corrected chi connectivity index (χ4v) is 2.46. The Morgan fingerprint density at radius 2 is 1.65 bits per heavy atom. The van der Waals surface area contributed by atoms with Gasteiger partial charge in [-0.05, 0) is 50.1 Å². The lowest BCUT2D eigenvalue weighted by atomic mass is 10.0. The Hall–Kier alpha value is -1.51. The van der Waals surface area contributed by atoms with Gasteiger partial charge in [-0.3, -0.25) is 0 Å². The number of aryl methyl sites for hydroxylation is 1. The van der Waals surface area contributed by atoms with Gasteiger partial charge in [0.15, 0.2) is 0 Å². The van der Waals surface area contributed by atoms with Crippen LogP contribution in [-0.2, 0) is 0 Å². The lowest BCUT2D eigenvalue weighted by Gasteiger charge is -2.21. The van der Waals surface area contributed by atoms with Gasteiger partial charge in [-0.15, -0.1) is 0 Å². The maximum Gasteiger partial charge on any atom is 0.120 e. The normalized spacial score (nSPS) is 14.0. The molecule has 0 aliphatic rings. The Labute approximate surface area is 125 Å². The van der Waals surface area contributed by atoms with Crippen LogP contribution in [0.3, 0.4) is 0 Å². The van der Waals surface area contributed by atoms with Crippen molar-refractivity contribution in [2.75, 3.05) is 0 Å². The number of phenolic OH excluding ortho intramolecular Hbond substituents is 1.